The summed E-state index contributed by atoms with van der Waals surface area (Å²) in [7, 11) is 0. The fourth-order valence-corrected chi connectivity index (χ4v) is 6.92. The van der Waals surface area contributed by atoms with Crippen molar-refractivity contribution < 1.29 is 4.39 Å². The number of hydrogen-bond donors (Lipinski definition) is 0. The molecule has 4 nitrogen and oxygen atoms in total. The topological polar surface area (TPSA) is 43.6 Å². The number of fused-ring (bicyclic) bond motifs is 3. The van der Waals surface area contributed by atoms with Gasteiger partial charge in [0.2, 0.25) is 0 Å². The van der Waals surface area contributed by atoms with Gasteiger partial charge in [0, 0.05) is 27.5 Å². The van der Waals surface area contributed by atoms with Gasteiger partial charge in [0.1, 0.15) is 5.82 Å². The molecule has 0 saturated heterocycles. The highest BCUT2D eigenvalue weighted by Gasteiger charge is 2.21. The maximum absolute atomic E-state index is 14.6. The SMILES string of the molecule is Cc1cccc(-c2ccc3c4ccccc4n(-c4cc(-c5cccc(F)c5)ccc4-c4nc(-c5ccccc5)nc(-c5ccccc5)n4)c3c2)c1. The molecule has 0 N–H and O–H groups in total. The van der Waals surface area contributed by atoms with Gasteiger partial charge >= 0.3 is 0 Å². The summed E-state index contributed by atoms with van der Waals surface area (Å²) in [5, 5.41) is 2.27. The average molecular weight is 659 g/mol. The summed E-state index contributed by atoms with van der Waals surface area (Å²) >= 11 is 0. The zero-order chi connectivity index (χ0) is 34.3. The second kappa shape index (κ2) is 12.6. The van der Waals surface area contributed by atoms with Gasteiger partial charge in [0.05, 0.1) is 16.7 Å². The van der Waals surface area contributed by atoms with Gasteiger partial charge in [0.25, 0.3) is 0 Å². The van der Waals surface area contributed by atoms with Gasteiger partial charge in [-0.3, -0.25) is 0 Å². The van der Waals surface area contributed by atoms with Gasteiger partial charge in [-0.1, -0.05) is 139 Å². The largest absolute Gasteiger partial charge is 0.308 e. The lowest BCUT2D eigenvalue weighted by Gasteiger charge is -2.17. The molecule has 7 aromatic carbocycles. The van der Waals surface area contributed by atoms with Crippen LogP contribution >= 0.6 is 0 Å². The number of rotatable bonds is 6. The molecule has 9 rings (SSSR count). The number of aryl methyl sites for hydroxylation is 1. The normalized spacial score (nSPS) is 11.3. The van der Waals surface area contributed by atoms with E-state index in [4.69, 9.17) is 15.0 Å². The molecule has 0 unspecified atom stereocenters. The van der Waals surface area contributed by atoms with Gasteiger partial charge in [-0.2, -0.15) is 0 Å². The summed E-state index contributed by atoms with van der Waals surface area (Å²) in [6.07, 6.45) is 0. The fraction of sp³-hybridized carbons (Fsp3) is 0.0217. The molecule has 0 radical (unpaired) electrons. The molecule has 0 spiro atoms. The van der Waals surface area contributed by atoms with E-state index in [0.29, 0.717) is 17.5 Å². The Bertz CT molecular complexity index is 2660. The number of halogens is 1. The first-order chi connectivity index (χ1) is 25.1. The Labute approximate surface area is 295 Å². The maximum Gasteiger partial charge on any atom is 0.166 e. The Morgan fingerprint density at radius 2 is 0.961 bits per heavy atom. The second-order valence-corrected chi connectivity index (χ2v) is 12.7. The first-order valence-corrected chi connectivity index (χ1v) is 17.0. The van der Waals surface area contributed by atoms with E-state index in [9.17, 15) is 4.39 Å². The molecule has 2 aromatic heterocycles. The summed E-state index contributed by atoms with van der Waals surface area (Å²) < 4.78 is 16.9. The molecule has 0 aliphatic rings. The highest BCUT2D eigenvalue weighted by atomic mass is 19.1. The molecule has 242 valence electrons. The number of para-hydroxylation sites is 1. The summed E-state index contributed by atoms with van der Waals surface area (Å²) in [6.45, 7) is 2.12. The van der Waals surface area contributed by atoms with Gasteiger partial charge in [-0.05, 0) is 65.6 Å². The van der Waals surface area contributed by atoms with Crippen LogP contribution in [-0.4, -0.2) is 19.5 Å². The van der Waals surface area contributed by atoms with Crippen LogP contribution in [0.3, 0.4) is 0 Å². The summed E-state index contributed by atoms with van der Waals surface area (Å²) in [4.78, 5) is 15.2. The molecule has 0 atom stereocenters. The quantitative estimate of drug-likeness (QED) is 0.179. The van der Waals surface area contributed by atoms with Crippen LogP contribution in [0.4, 0.5) is 4.39 Å². The third kappa shape index (κ3) is 5.65. The van der Waals surface area contributed by atoms with E-state index in [1.165, 1.54) is 11.6 Å². The van der Waals surface area contributed by atoms with Crippen molar-refractivity contribution >= 4 is 21.8 Å². The summed E-state index contributed by atoms with van der Waals surface area (Å²) in [5.41, 5.74) is 10.8. The fourth-order valence-electron chi connectivity index (χ4n) is 6.92. The zero-order valence-electron chi connectivity index (χ0n) is 27.8. The van der Waals surface area contributed by atoms with Crippen molar-refractivity contribution in [2.24, 2.45) is 0 Å². The zero-order valence-corrected chi connectivity index (χ0v) is 27.8. The van der Waals surface area contributed by atoms with E-state index in [0.717, 1.165) is 66.4 Å². The number of benzene rings is 7. The first-order valence-electron chi connectivity index (χ1n) is 17.0. The van der Waals surface area contributed by atoms with E-state index < -0.39 is 0 Å². The van der Waals surface area contributed by atoms with Crippen LogP contribution in [0.15, 0.2) is 170 Å². The predicted octanol–water partition coefficient (Wildman–Crippen LogP) is 11.8. The van der Waals surface area contributed by atoms with Crippen molar-refractivity contribution in [3.8, 4) is 62.1 Å². The molecule has 2 heterocycles. The van der Waals surface area contributed by atoms with E-state index in [-0.39, 0.29) is 5.82 Å². The van der Waals surface area contributed by atoms with Crippen LogP contribution in [0, 0.1) is 12.7 Å². The van der Waals surface area contributed by atoms with Crippen molar-refractivity contribution in [1.29, 1.82) is 0 Å². The van der Waals surface area contributed by atoms with Crippen LogP contribution < -0.4 is 0 Å². The van der Waals surface area contributed by atoms with Gasteiger partial charge in [-0.25, -0.2) is 19.3 Å². The van der Waals surface area contributed by atoms with Crippen LogP contribution in [0.1, 0.15) is 5.56 Å². The van der Waals surface area contributed by atoms with Crippen LogP contribution in [0.5, 0.6) is 0 Å². The Hall–Kier alpha value is -6.72. The van der Waals surface area contributed by atoms with E-state index in [2.05, 4.69) is 90.4 Å². The highest BCUT2D eigenvalue weighted by molar-refractivity contribution is 6.10. The number of aromatic nitrogens is 4. The molecule has 0 aliphatic carbocycles. The second-order valence-electron chi connectivity index (χ2n) is 12.7. The maximum atomic E-state index is 14.6. The monoisotopic (exact) mass is 658 g/mol. The van der Waals surface area contributed by atoms with Gasteiger partial charge < -0.3 is 4.57 Å². The molecule has 5 heteroatoms. The molecule has 0 saturated carbocycles. The molecule has 0 amide bonds. The van der Waals surface area contributed by atoms with Crippen LogP contribution in [-0.2, 0) is 0 Å². The molecule has 0 fully saturated rings. The van der Waals surface area contributed by atoms with Crippen molar-refractivity contribution in [3.05, 3.63) is 181 Å². The van der Waals surface area contributed by atoms with Crippen molar-refractivity contribution in [2.45, 2.75) is 6.92 Å². The standard InChI is InChI=1S/C46H31FN4/c1-30-12-10-17-33(26-30)35-22-24-39-38-20-8-9-21-41(38)51(42(39)28-35)43-29-36(34-18-11-19-37(47)27-34)23-25-40(43)46-49-44(31-13-4-2-5-14-31)48-45(50-46)32-15-6-3-7-16-32/h2-29H,1H3. The molecule has 9 aromatic rings. The lowest BCUT2D eigenvalue weighted by atomic mass is 10.0. The minimum Gasteiger partial charge on any atom is -0.308 e. The van der Waals surface area contributed by atoms with Crippen molar-refractivity contribution in [3.63, 3.8) is 0 Å². The third-order valence-electron chi connectivity index (χ3n) is 9.36. The summed E-state index contributed by atoms with van der Waals surface area (Å²) in [5.74, 6) is 1.44. The van der Waals surface area contributed by atoms with Gasteiger partial charge in [-0.15, -0.1) is 0 Å². The van der Waals surface area contributed by atoms with E-state index in [1.54, 1.807) is 12.1 Å². The minimum atomic E-state index is -0.282. The lowest BCUT2D eigenvalue weighted by Crippen LogP contribution is -2.04. The van der Waals surface area contributed by atoms with Gasteiger partial charge in [0.15, 0.2) is 17.5 Å². The lowest BCUT2D eigenvalue weighted by molar-refractivity contribution is 0.628. The average Bonchev–Trinajstić information content (AvgIpc) is 3.52. The number of nitrogens with zero attached hydrogens (tertiary/aromatic N) is 4. The molecular formula is C46H31FN4. The summed E-state index contributed by atoms with van der Waals surface area (Å²) in [6, 6.07) is 56.7. The third-order valence-corrected chi connectivity index (χ3v) is 9.36. The smallest absolute Gasteiger partial charge is 0.166 e. The molecule has 0 bridgehead atoms. The Kier molecular flexibility index (Phi) is 7.51. The first kappa shape index (κ1) is 30.3. The Morgan fingerprint density at radius 3 is 1.67 bits per heavy atom. The molecule has 0 aliphatic heterocycles. The van der Waals surface area contributed by atoms with Crippen molar-refractivity contribution in [1.82, 2.24) is 19.5 Å². The van der Waals surface area contributed by atoms with Crippen LogP contribution in [0.25, 0.3) is 83.9 Å². The van der Waals surface area contributed by atoms with Crippen molar-refractivity contribution in [2.75, 3.05) is 0 Å². The predicted molar refractivity (Wildman–Crippen MR) is 206 cm³/mol. The van der Waals surface area contributed by atoms with Crippen LogP contribution in [0.2, 0.25) is 0 Å². The Balaban J connectivity index is 1.36. The number of hydrogen-bond acceptors (Lipinski definition) is 3. The Morgan fingerprint density at radius 1 is 0.412 bits per heavy atom. The highest BCUT2D eigenvalue weighted by Crippen LogP contribution is 2.39. The van der Waals surface area contributed by atoms with E-state index >= 15 is 0 Å². The molecular weight excluding hydrogens is 628 g/mol. The van der Waals surface area contributed by atoms with E-state index in [1.807, 2.05) is 72.8 Å². The minimum absolute atomic E-state index is 0.282. The molecule has 51 heavy (non-hydrogen) atoms.